The van der Waals surface area contributed by atoms with E-state index in [0.717, 1.165) is 10.8 Å². The maximum atomic E-state index is 2.47. The van der Waals surface area contributed by atoms with Crippen molar-refractivity contribution in [2.45, 2.75) is 23.6 Å². The Labute approximate surface area is 125 Å². The molecule has 0 saturated carbocycles. The van der Waals surface area contributed by atoms with E-state index in [2.05, 4.69) is 53.3 Å². The number of hydrogen-bond donors (Lipinski definition) is 0. The monoisotopic (exact) mass is 354 g/mol. The van der Waals surface area contributed by atoms with Gasteiger partial charge in [0.1, 0.15) is 0 Å². The molecule has 17 heavy (non-hydrogen) atoms. The smallest absolute Gasteiger partial charge is 0 e. The van der Waals surface area contributed by atoms with Crippen LogP contribution < -0.4 is 0 Å². The molecule has 0 aromatic carbocycles. The minimum Gasteiger partial charge on any atom is -0.106 e. The molecule has 0 bridgehead atoms. The van der Waals surface area contributed by atoms with E-state index in [1.807, 2.05) is 0 Å². The van der Waals surface area contributed by atoms with Gasteiger partial charge < -0.3 is 0 Å². The van der Waals surface area contributed by atoms with Crippen molar-refractivity contribution in [1.29, 1.82) is 0 Å². The summed E-state index contributed by atoms with van der Waals surface area (Å²) in [6.45, 7) is 19.8. The zero-order valence-electron chi connectivity index (χ0n) is 12.7. The molecule has 0 N–H and O–H groups in total. The van der Waals surface area contributed by atoms with Gasteiger partial charge in [-0.05, 0) is 77.0 Å². The van der Waals surface area contributed by atoms with Crippen LogP contribution in [0.3, 0.4) is 0 Å². The van der Waals surface area contributed by atoms with Gasteiger partial charge >= 0.3 is 0 Å². The van der Waals surface area contributed by atoms with Gasteiger partial charge in [0.2, 0.25) is 0 Å². The largest absolute Gasteiger partial charge is 0.106 e. The molecule has 0 unspecified atom stereocenters. The normalized spacial score (nSPS) is 12.4. The summed E-state index contributed by atoms with van der Waals surface area (Å²) in [7, 11) is 1.08. The van der Waals surface area contributed by atoms with E-state index in [-0.39, 0.29) is 48.8 Å². The molecule has 0 nitrogen and oxygen atoms in total. The van der Waals surface area contributed by atoms with Crippen LogP contribution in [0.25, 0.3) is 0 Å². The third-order valence-electron chi connectivity index (χ3n) is 3.07. The Hall–Kier alpha value is 2.24. The van der Waals surface area contributed by atoms with E-state index in [4.69, 9.17) is 0 Å². The Bertz CT molecular complexity index is 147. The Balaban J connectivity index is 0. The van der Waals surface area contributed by atoms with E-state index in [0.29, 0.717) is 0 Å². The van der Waals surface area contributed by atoms with Gasteiger partial charge in [0.15, 0.2) is 0 Å². The first-order valence-corrected chi connectivity index (χ1v) is 15.1. The minimum absolute atomic E-state index is 0. The molecule has 0 aromatic rings. The quantitative estimate of drug-likeness (QED) is 0.425. The van der Waals surface area contributed by atoms with Gasteiger partial charge in [-0.3, -0.25) is 0 Å². The second-order valence-electron chi connectivity index (χ2n) is 5.39. The second-order valence-corrected chi connectivity index (χ2v) is 16.4. The molecule has 0 radical (unpaired) electrons. The molecule has 0 amide bonds. The summed E-state index contributed by atoms with van der Waals surface area (Å²) in [5.41, 5.74) is 0. The molecule has 0 heterocycles. The second kappa shape index (κ2) is 11.0. The van der Waals surface area contributed by atoms with Gasteiger partial charge in [0, 0.05) is 17.1 Å². The maximum Gasteiger partial charge on any atom is 0 e. The van der Waals surface area contributed by atoms with Crippen molar-refractivity contribution in [3.63, 3.8) is 0 Å². The summed E-state index contributed by atoms with van der Waals surface area (Å²) in [4.78, 5) is 0. The standard InChI is InChI=1S/C12H30P4.Fe/c1-13(2)11(14(3)4)9-10-12(15(5)6)16(7)8;/h11-12H,9-10H2,1-8H3;. The van der Waals surface area contributed by atoms with Gasteiger partial charge in [0.05, 0.1) is 0 Å². The van der Waals surface area contributed by atoms with Crippen LogP contribution in [0.5, 0.6) is 0 Å². The Morgan fingerprint density at radius 1 is 0.529 bits per heavy atom. The van der Waals surface area contributed by atoms with Crippen LogP contribution in [0.2, 0.25) is 0 Å². The average molecular weight is 354 g/mol. The summed E-state index contributed by atoms with van der Waals surface area (Å²) >= 11 is 0. The summed E-state index contributed by atoms with van der Waals surface area (Å²) in [6, 6.07) is 0. The fourth-order valence-corrected chi connectivity index (χ4v) is 12.3. The molecular weight excluding hydrogens is 324 g/mol. The van der Waals surface area contributed by atoms with Crippen molar-refractivity contribution < 1.29 is 17.1 Å². The molecule has 5 heteroatoms. The minimum atomic E-state index is 0. The molecule has 0 spiro atoms. The van der Waals surface area contributed by atoms with Crippen molar-refractivity contribution in [3.8, 4) is 0 Å². The molecule has 0 aliphatic carbocycles. The van der Waals surface area contributed by atoms with Crippen molar-refractivity contribution in [2.75, 3.05) is 53.3 Å². The summed E-state index contributed by atoms with van der Waals surface area (Å²) in [5, 5.41) is 2.11. The van der Waals surface area contributed by atoms with E-state index in [1.54, 1.807) is 0 Å². The third-order valence-corrected chi connectivity index (χ3v) is 14.4. The van der Waals surface area contributed by atoms with Gasteiger partial charge in [-0.1, -0.05) is 0 Å². The number of rotatable bonds is 7. The Kier molecular flexibility index (Phi) is 13.9. The van der Waals surface area contributed by atoms with Crippen LogP contribution in [0.4, 0.5) is 0 Å². The van der Waals surface area contributed by atoms with Crippen LogP contribution in [0, 0.1) is 0 Å². The first kappa shape index (κ1) is 21.5. The van der Waals surface area contributed by atoms with Crippen molar-refractivity contribution >= 4 is 31.7 Å². The van der Waals surface area contributed by atoms with E-state index >= 15 is 0 Å². The van der Waals surface area contributed by atoms with Gasteiger partial charge in [-0.15, -0.1) is 31.7 Å². The molecule has 106 valence electrons. The van der Waals surface area contributed by atoms with Crippen molar-refractivity contribution in [2.24, 2.45) is 0 Å². The molecule has 0 aromatic heterocycles. The molecule has 0 saturated heterocycles. The fraction of sp³-hybridized carbons (Fsp3) is 1.00. The van der Waals surface area contributed by atoms with Crippen molar-refractivity contribution in [3.05, 3.63) is 0 Å². The van der Waals surface area contributed by atoms with Crippen LogP contribution in [0.1, 0.15) is 12.8 Å². The van der Waals surface area contributed by atoms with Crippen molar-refractivity contribution in [1.82, 2.24) is 0 Å². The van der Waals surface area contributed by atoms with Crippen LogP contribution in [-0.4, -0.2) is 64.1 Å². The Morgan fingerprint density at radius 3 is 0.824 bits per heavy atom. The fourth-order valence-electron chi connectivity index (χ4n) is 2.25. The maximum absolute atomic E-state index is 2.47. The SMILES string of the molecule is CP(C)C(CCC(P(C)C)P(C)C)P(C)C.[Fe]. The van der Waals surface area contributed by atoms with Gasteiger partial charge in [0.25, 0.3) is 0 Å². The first-order valence-electron chi connectivity index (χ1n) is 5.93. The molecule has 0 aliphatic rings. The van der Waals surface area contributed by atoms with Crippen LogP contribution >= 0.6 is 31.7 Å². The molecule has 0 atom stereocenters. The topological polar surface area (TPSA) is 0 Å². The summed E-state index contributed by atoms with van der Waals surface area (Å²) < 4.78 is 0. The van der Waals surface area contributed by atoms with Crippen LogP contribution in [-0.2, 0) is 17.1 Å². The van der Waals surface area contributed by atoms with Gasteiger partial charge in [-0.25, -0.2) is 0 Å². The summed E-state index contributed by atoms with van der Waals surface area (Å²) in [6.07, 6.45) is 3.01. The molecular formula is C12H30FeP4. The van der Waals surface area contributed by atoms with Gasteiger partial charge in [-0.2, -0.15) is 0 Å². The number of hydrogen-bond acceptors (Lipinski definition) is 0. The molecule has 0 rings (SSSR count). The van der Waals surface area contributed by atoms with E-state index in [1.165, 1.54) is 12.8 Å². The predicted molar refractivity (Wildman–Crippen MR) is 91.9 cm³/mol. The Morgan fingerprint density at radius 2 is 0.706 bits per heavy atom. The summed E-state index contributed by atoms with van der Waals surface area (Å²) in [5.74, 6) is 0. The zero-order valence-corrected chi connectivity index (χ0v) is 17.4. The molecule has 0 fully saturated rings. The predicted octanol–water partition coefficient (Wildman–Crippen LogP) is 5.38. The third kappa shape index (κ3) is 8.91. The average Bonchev–Trinajstić information content (AvgIpc) is 2.09. The van der Waals surface area contributed by atoms with E-state index < -0.39 is 0 Å². The molecule has 0 aliphatic heterocycles. The van der Waals surface area contributed by atoms with E-state index in [9.17, 15) is 0 Å². The first-order chi connectivity index (χ1) is 7.27. The zero-order chi connectivity index (χ0) is 12.9. The van der Waals surface area contributed by atoms with Crippen LogP contribution in [0.15, 0.2) is 0 Å².